The average molecular weight is 349 g/mol. The molecule has 1 aromatic rings. The van der Waals surface area contributed by atoms with Gasteiger partial charge in [-0.3, -0.25) is 4.79 Å². The first kappa shape index (κ1) is 16.2. The van der Waals surface area contributed by atoms with Crippen LogP contribution in [0.5, 0.6) is 0 Å². The van der Waals surface area contributed by atoms with Crippen molar-refractivity contribution in [3.63, 3.8) is 0 Å². The van der Waals surface area contributed by atoms with Crippen LogP contribution in [-0.2, 0) is 21.1 Å². The molecule has 1 atom stereocenters. The number of carbonyl (C=O) groups is 1. The van der Waals surface area contributed by atoms with Crippen molar-refractivity contribution in [2.75, 3.05) is 11.5 Å². The van der Waals surface area contributed by atoms with Crippen LogP contribution in [-0.4, -0.2) is 31.0 Å². The highest BCUT2D eigenvalue weighted by atomic mass is 79.9. The van der Waals surface area contributed by atoms with Crippen LogP contribution < -0.4 is 0 Å². The molecular formula is C13H17BrO4S. The molecule has 4 nitrogen and oxygen atoms in total. The number of aliphatic carboxylic acids is 1. The molecule has 0 saturated carbocycles. The summed E-state index contributed by atoms with van der Waals surface area (Å²) in [6.07, 6.45) is 0.475. The molecule has 1 rings (SSSR count). The van der Waals surface area contributed by atoms with Gasteiger partial charge in [-0.1, -0.05) is 41.1 Å². The summed E-state index contributed by atoms with van der Waals surface area (Å²) < 4.78 is 23.7. The summed E-state index contributed by atoms with van der Waals surface area (Å²) in [7, 11) is -3.13. The van der Waals surface area contributed by atoms with Crippen molar-refractivity contribution in [3.05, 3.63) is 34.3 Å². The summed E-state index contributed by atoms with van der Waals surface area (Å²) in [5.74, 6) is -1.67. The number of hydrogen-bond acceptors (Lipinski definition) is 3. The van der Waals surface area contributed by atoms with Gasteiger partial charge >= 0.3 is 5.97 Å². The topological polar surface area (TPSA) is 71.4 Å². The van der Waals surface area contributed by atoms with Crippen molar-refractivity contribution in [2.45, 2.75) is 19.8 Å². The van der Waals surface area contributed by atoms with Crippen LogP contribution in [0, 0.1) is 5.92 Å². The van der Waals surface area contributed by atoms with Crippen LogP contribution in [0.15, 0.2) is 28.7 Å². The maximum Gasteiger partial charge on any atom is 0.306 e. The van der Waals surface area contributed by atoms with E-state index in [4.69, 9.17) is 0 Å². The Kier molecular flexibility index (Phi) is 6.00. The molecule has 1 unspecified atom stereocenters. The van der Waals surface area contributed by atoms with Gasteiger partial charge in [-0.2, -0.15) is 0 Å². The normalized spacial score (nSPS) is 13.2. The van der Waals surface area contributed by atoms with E-state index >= 15 is 0 Å². The van der Waals surface area contributed by atoms with Crippen LogP contribution in [0.4, 0.5) is 0 Å². The smallest absolute Gasteiger partial charge is 0.306 e. The fraction of sp³-hybridized carbons (Fsp3) is 0.462. The number of sulfone groups is 1. The van der Waals surface area contributed by atoms with E-state index in [0.29, 0.717) is 6.42 Å². The molecule has 6 heteroatoms. The molecule has 0 heterocycles. The lowest BCUT2D eigenvalue weighted by atomic mass is 9.97. The zero-order valence-corrected chi connectivity index (χ0v) is 13.1. The Morgan fingerprint density at radius 2 is 2.00 bits per heavy atom. The quantitative estimate of drug-likeness (QED) is 0.821. The summed E-state index contributed by atoms with van der Waals surface area (Å²) >= 11 is 3.37. The van der Waals surface area contributed by atoms with Gasteiger partial charge in [-0.25, -0.2) is 8.42 Å². The average Bonchev–Trinajstić information content (AvgIpc) is 2.36. The number of halogens is 1. The highest BCUT2D eigenvalue weighted by molar-refractivity contribution is 9.10. The van der Waals surface area contributed by atoms with E-state index in [1.54, 1.807) is 6.92 Å². The Balaban J connectivity index is 2.75. The van der Waals surface area contributed by atoms with E-state index in [1.165, 1.54) is 0 Å². The van der Waals surface area contributed by atoms with Crippen LogP contribution in [0.25, 0.3) is 0 Å². The van der Waals surface area contributed by atoms with E-state index in [0.717, 1.165) is 10.0 Å². The van der Waals surface area contributed by atoms with E-state index < -0.39 is 21.7 Å². The van der Waals surface area contributed by atoms with Crippen LogP contribution in [0.2, 0.25) is 0 Å². The zero-order chi connectivity index (χ0) is 14.5. The van der Waals surface area contributed by atoms with Crippen molar-refractivity contribution in [2.24, 2.45) is 5.92 Å². The maximum atomic E-state index is 11.4. The van der Waals surface area contributed by atoms with Gasteiger partial charge in [0.2, 0.25) is 0 Å². The number of benzene rings is 1. The Hall–Kier alpha value is -0.880. The standard InChI is InChI=1S/C13H17BrO4S/c1-2-19(17,18)8-7-11(13(15)16)9-10-5-3-4-6-12(10)14/h3-6,11H,2,7-9H2,1H3,(H,15,16). The maximum absolute atomic E-state index is 11.4. The molecule has 106 valence electrons. The molecule has 1 N–H and O–H groups in total. The first-order valence-corrected chi connectivity index (χ1v) is 8.63. The minimum absolute atomic E-state index is 0.0500. The lowest BCUT2D eigenvalue weighted by Crippen LogP contribution is -2.21. The lowest BCUT2D eigenvalue weighted by molar-refractivity contribution is -0.141. The van der Waals surface area contributed by atoms with Gasteiger partial charge in [-0.05, 0) is 24.5 Å². The largest absolute Gasteiger partial charge is 0.481 e. The molecule has 0 bridgehead atoms. The van der Waals surface area contributed by atoms with Gasteiger partial charge in [0.05, 0.1) is 11.7 Å². The fourth-order valence-electron chi connectivity index (χ4n) is 1.71. The van der Waals surface area contributed by atoms with Crippen LogP contribution in [0.1, 0.15) is 18.9 Å². The van der Waals surface area contributed by atoms with Crippen molar-refractivity contribution in [3.8, 4) is 0 Å². The van der Waals surface area contributed by atoms with Gasteiger partial charge in [0.25, 0.3) is 0 Å². The van der Waals surface area contributed by atoms with Crippen molar-refractivity contribution < 1.29 is 18.3 Å². The van der Waals surface area contributed by atoms with Crippen LogP contribution >= 0.6 is 15.9 Å². The van der Waals surface area contributed by atoms with Crippen LogP contribution in [0.3, 0.4) is 0 Å². The highest BCUT2D eigenvalue weighted by Crippen LogP contribution is 2.21. The molecule has 0 fully saturated rings. The van der Waals surface area contributed by atoms with E-state index in [-0.39, 0.29) is 17.9 Å². The second-order valence-corrected chi connectivity index (χ2v) is 7.68. The summed E-state index contributed by atoms with van der Waals surface area (Å²) in [6.45, 7) is 1.57. The molecule has 0 amide bonds. The molecule has 0 saturated heterocycles. The molecule has 0 aliphatic heterocycles. The number of carboxylic acid groups (broad SMARTS) is 1. The molecule has 0 aliphatic rings. The molecule has 0 spiro atoms. The highest BCUT2D eigenvalue weighted by Gasteiger charge is 2.21. The van der Waals surface area contributed by atoms with E-state index in [9.17, 15) is 18.3 Å². The Labute approximate surface area is 121 Å². The molecule has 0 aromatic heterocycles. The Morgan fingerprint density at radius 3 is 2.53 bits per heavy atom. The van der Waals surface area contributed by atoms with E-state index in [2.05, 4.69) is 15.9 Å². The van der Waals surface area contributed by atoms with Gasteiger partial charge in [0, 0.05) is 10.2 Å². The summed E-state index contributed by atoms with van der Waals surface area (Å²) in [5.41, 5.74) is 0.879. The third-order valence-electron chi connectivity index (χ3n) is 2.99. The fourth-order valence-corrected chi connectivity index (χ4v) is 3.09. The molecule has 19 heavy (non-hydrogen) atoms. The van der Waals surface area contributed by atoms with Gasteiger partial charge < -0.3 is 5.11 Å². The summed E-state index contributed by atoms with van der Waals surface area (Å²) in [6, 6.07) is 7.37. The first-order chi connectivity index (χ1) is 8.85. The minimum atomic E-state index is -3.13. The monoisotopic (exact) mass is 348 g/mol. The summed E-state index contributed by atoms with van der Waals surface area (Å²) in [4.78, 5) is 11.2. The molecular weight excluding hydrogens is 332 g/mol. The predicted octanol–water partition coefficient (Wildman–Crippen LogP) is 2.52. The lowest BCUT2D eigenvalue weighted by Gasteiger charge is -2.13. The Morgan fingerprint density at radius 1 is 1.37 bits per heavy atom. The van der Waals surface area contributed by atoms with Crippen molar-refractivity contribution in [1.29, 1.82) is 0 Å². The van der Waals surface area contributed by atoms with E-state index in [1.807, 2.05) is 24.3 Å². The molecule has 0 aliphatic carbocycles. The van der Waals surface area contributed by atoms with Crippen molar-refractivity contribution >= 4 is 31.7 Å². The third-order valence-corrected chi connectivity index (χ3v) is 5.50. The number of carboxylic acids is 1. The molecule has 0 radical (unpaired) electrons. The molecule has 1 aromatic carbocycles. The number of rotatable bonds is 7. The summed E-state index contributed by atoms with van der Waals surface area (Å²) in [5, 5.41) is 9.18. The Bertz CT molecular complexity index is 539. The number of hydrogen-bond donors (Lipinski definition) is 1. The van der Waals surface area contributed by atoms with Gasteiger partial charge in [0.1, 0.15) is 9.84 Å². The third kappa shape index (κ3) is 5.32. The minimum Gasteiger partial charge on any atom is -0.481 e. The van der Waals surface area contributed by atoms with Crippen molar-refractivity contribution in [1.82, 2.24) is 0 Å². The van der Waals surface area contributed by atoms with Gasteiger partial charge in [0.15, 0.2) is 0 Å². The second kappa shape index (κ2) is 7.05. The zero-order valence-electron chi connectivity index (χ0n) is 10.7. The predicted molar refractivity (Wildman–Crippen MR) is 77.9 cm³/mol. The first-order valence-electron chi connectivity index (χ1n) is 6.02. The SMILES string of the molecule is CCS(=O)(=O)CCC(Cc1ccccc1Br)C(=O)O. The second-order valence-electron chi connectivity index (χ2n) is 4.36. The van der Waals surface area contributed by atoms with Gasteiger partial charge in [-0.15, -0.1) is 0 Å².